The summed E-state index contributed by atoms with van der Waals surface area (Å²) in [5.41, 5.74) is 3.85. The van der Waals surface area contributed by atoms with Crippen LogP contribution in [0.15, 0.2) is 114 Å². The van der Waals surface area contributed by atoms with Gasteiger partial charge in [-0.1, -0.05) is 72.8 Å². The topological polar surface area (TPSA) is 57.1 Å². The van der Waals surface area contributed by atoms with Gasteiger partial charge >= 0.3 is 5.97 Å². The molecule has 5 nitrogen and oxygen atoms in total. The fourth-order valence-electron chi connectivity index (χ4n) is 3.63. The third kappa shape index (κ3) is 6.01. The lowest BCUT2D eigenvalue weighted by Crippen LogP contribution is -2.05. The molecule has 36 heavy (non-hydrogen) atoms. The molecule has 0 fully saturated rings. The van der Waals surface area contributed by atoms with Crippen LogP contribution in [0.2, 0.25) is 0 Å². The summed E-state index contributed by atoms with van der Waals surface area (Å²) in [5, 5.41) is 0. The third-order valence-electron chi connectivity index (χ3n) is 5.44. The Bertz CT molecular complexity index is 1430. The van der Waals surface area contributed by atoms with Crippen LogP contribution in [0, 0.1) is 3.57 Å². The van der Waals surface area contributed by atoms with Gasteiger partial charge in [-0.05, 0) is 75.7 Å². The predicted octanol–water partition coefficient (Wildman–Crippen LogP) is 6.79. The number of carbonyl (C=O) groups is 1. The lowest BCUT2D eigenvalue weighted by molar-refractivity contribution is -0.129. The van der Waals surface area contributed by atoms with Crippen molar-refractivity contribution in [3.05, 3.63) is 135 Å². The molecular formula is C30H22INO4. The van der Waals surface area contributed by atoms with Crippen molar-refractivity contribution in [1.29, 1.82) is 0 Å². The standard InChI is InChI=1S/C30H22INO4/c31-25-13-7-12-24(18-25)29-32-26(30(33)36-29)16-23-14-15-27(34-19-21-8-3-1-4-9-21)28(17-23)35-20-22-10-5-2-6-11-22/h1-18H,19-20H2/b26-16-. The second-order valence-electron chi connectivity index (χ2n) is 8.10. The minimum Gasteiger partial charge on any atom is -0.485 e. The summed E-state index contributed by atoms with van der Waals surface area (Å²) in [6, 6.07) is 33.1. The van der Waals surface area contributed by atoms with Gasteiger partial charge in [-0.25, -0.2) is 9.79 Å². The smallest absolute Gasteiger partial charge is 0.363 e. The molecule has 178 valence electrons. The number of cyclic esters (lactones) is 1. The van der Waals surface area contributed by atoms with Gasteiger partial charge in [-0.3, -0.25) is 0 Å². The fourth-order valence-corrected chi connectivity index (χ4v) is 4.17. The summed E-state index contributed by atoms with van der Waals surface area (Å²) in [7, 11) is 0. The van der Waals surface area contributed by atoms with Gasteiger partial charge in [-0.15, -0.1) is 0 Å². The Kier molecular flexibility index (Phi) is 7.42. The normalized spacial score (nSPS) is 13.9. The van der Waals surface area contributed by atoms with E-state index in [9.17, 15) is 4.79 Å². The van der Waals surface area contributed by atoms with Gasteiger partial charge in [-0.2, -0.15) is 0 Å². The minimum atomic E-state index is -0.486. The van der Waals surface area contributed by atoms with E-state index in [1.807, 2.05) is 103 Å². The van der Waals surface area contributed by atoms with Crippen LogP contribution in [-0.4, -0.2) is 11.9 Å². The van der Waals surface area contributed by atoms with Crippen molar-refractivity contribution in [2.75, 3.05) is 0 Å². The van der Waals surface area contributed by atoms with Crippen molar-refractivity contribution in [3.8, 4) is 11.5 Å². The molecule has 0 saturated carbocycles. The van der Waals surface area contributed by atoms with Crippen LogP contribution < -0.4 is 9.47 Å². The Morgan fingerprint density at radius 2 is 1.42 bits per heavy atom. The highest BCUT2D eigenvalue weighted by atomic mass is 127. The average Bonchev–Trinajstić information content (AvgIpc) is 3.28. The molecule has 1 aliphatic rings. The number of esters is 1. The van der Waals surface area contributed by atoms with Crippen molar-refractivity contribution < 1.29 is 19.0 Å². The highest BCUT2D eigenvalue weighted by Gasteiger charge is 2.24. The predicted molar refractivity (Wildman–Crippen MR) is 148 cm³/mol. The SMILES string of the molecule is O=C1OC(c2cccc(I)c2)=N/C1=C\c1ccc(OCc2ccccc2)c(OCc2ccccc2)c1. The Morgan fingerprint density at radius 1 is 0.750 bits per heavy atom. The number of aliphatic imine (C=N–C) groups is 1. The zero-order chi connectivity index (χ0) is 24.7. The number of ether oxygens (including phenoxy) is 3. The molecule has 5 rings (SSSR count). The van der Waals surface area contributed by atoms with E-state index in [-0.39, 0.29) is 5.70 Å². The molecule has 0 aromatic heterocycles. The van der Waals surface area contributed by atoms with E-state index in [0.29, 0.717) is 30.6 Å². The summed E-state index contributed by atoms with van der Waals surface area (Å²) in [5.74, 6) is 1.01. The Balaban J connectivity index is 1.41. The van der Waals surface area contributed by atoms with E-state index in [0.717, 1.165) is 25.8 Å². The molecule has 0 unspecified atom stereocenters. The molecule has 1 aliphatic heterocycles. The number of carbonyl (C=O) groups excluding carboxylic acids is 1. The van der Waals surface area contributed by atoms with E-state index in [4.69, 9.17) is 14.2 Å². The van der Waals surface area contributed by atoms with E-state index >= 15 is 0 Å². The van der Waals surface area contributed by atoms with Gasteiger partial charge in [0, 0.05) is 9.13 Å². The van der Waals surface area contributed by atoms with Crippen molar-refractivity contribution in [1.82, 2.24) is 0 Å². The molecule has 0 saturated heterocycles. The summed E-state index contributed by atoms with van der Waals surface area (Å²) in [6.07, 6.45) is 1.69. The molecule has 0 aliphatic carbocycles. The Labute approximate surface area is 223 Å². The quantitative estimate of drug-likeness (QED) is 0.129. The summed E-state index contributed by atoms with van der Waals surface area (Å²) < 4.78 is 18.7. The molecule has 6 heteroatoms. The number of halogens is 1. The van der Waals surface area contributed by atoms with Crippen molar-refractivity contribution in [2.24, 2.45) is 4.99 Å². The van der Waals surface area contributed by atoms with Gasteiger partial charge in [0.1, 0.15) is 13.2 Å². The van der Waals surface area contributed by atoms with Crippen molar-refractivity contribution in [3.63, 3.8) is 0 Å². The van der Waals surface area contributed by atoms with Gasteiger partial charge in [0.2, 0.25) is 5.90 Å². The highest BCUT2D eigenvalue weighted by molar-refractivity contribution is 14.1. The molecule has 0 spiro atoms. The minimum absolute atomic E-state index is 0.232. The highest BCUT2D eigenvalue weighted by Crippen LogP contribution is 2.31. The van der Waals surface area contributed by atoms with E-state index in [1.165, 1.54) is 0 Å². The molecule has 0 atom stereocenters. The van der Waals surface area contributed by atoms with Crippen LogP contribution in [0.4, 0.5) is 0 Å². The first-order valence-corrected chi connectivity index (χ1v) is 12.5. The first-order valence-electron chi connectivity index (χ1n) is 11.4. The second-order valence-corrected chi connectivity index (χ2v) is 9.35. The van der Waals surface area contributed by atoms with Crippen LogP contribution in [0.25, 0.3) is 6.08 Å². The number of nitrogens with zero attached hydrogens (tertiary/aromatic N) is 1. The van der Waals surface area contributed by atoms with Crippen molar-refractivity contribution >= 4 is 40.5 Å². The summed E-state index contributed by atoms with van der Waals surface area (Å²) in [6.45, 7) is 0.804. The first-order chi connectivity index (χ1) is 17.6. The number of hydrogen-bond donors (Lipinski definition) is 0. The van der Waals surface area contributed by atoms with Crippen LogP contribution >= 0.6 is 22.6 Å². The molecule has 0 N–H and O–H groups in total. The summed E-state index contributed by atoms with van der Waals surface area (Å²) >= 11 is 2.21. The molecular weight excluding hydrogens is 565 g/mol. The van der Waals surface area contributed by atoms with Crippen LogP contribution in [0.5, 0.6) is 11.5 Å². The van der Waals surface area contributed by atoms with E-state index in [1.54, 1.807) is 6.08 Å². The fraction of sp³-hybridized carbons (Fsp3) is 0.0667. The number of hydrogen-bond acceptors (Lipinski definition) is 5. The largest absolute Gasteiger partial charge is 0.485 e. The van der Waals surface area contributed by atoms with Crippen LogP contribution in [-0.2, 0) is 22.7 Å². The zero-order valence-electron chi connectivity index (χ0n) is 19.3. The van der Waals surface area contributed by atoms with E-state index in [2.05, 4.69) is 27.6 Å². The molecule has 1 heterocycles. The maximum atomic E-state index is 12.5. The first kappa shape index (κ1) is 23.8. The molecule has 4 aromatic carbocycles. The van der Waals surface area contributed by atoms with Crippen LogP contribution in [0.1, 0.15) is 22.3 Å². The number of rotatable bonds is 8. The molecule has 0 bridgehead atoms. The van der Waals surface area contributed by atoms with Gasteiger partial charge < -0.3 is 14.2 Å². The molecule has 0 amide bonds. The van der Waals surface area contributed by atoms with Gasteiger partial charge in [0.15, 0.2) is 17.2 Å². The lowest BCUT2D eigenvalue weighted by atomic mass is 10.1. The zero-order valence-corrected chi connectivity index (χ0v) is 21.4. The van der Waals surface area contributed by atoms with Crippen molar-refractivity contribution in [2.45, 2.75) is 13.2 Å². The summed E-state index contributed by atoms with van der Waals surface area (Å²) in [4.78, 5) is 16.9. The van der Waals surface area contributed by atoms with Gasteiger partial charge in [0.25, 0.3) is 0 Å². The maximum Gasteiger partial charge on any atom is 0.363 e. The van der Waals surface area contributed by atoms with E-state index < -0.39 is 5.97 Å². The number of benzene rings is 4. The molecule has 4 aromatic rings. The Morgan fingerprint density at radius 3 is 2.08 bits per heavy atom. The maximum absolute atomic E-state index is 12.5. The molecule has 0 radical (unpaired) electrons. The third-order valence-corrected chi connectivity index (χ3v) is 6.11. The monoisotopic (exact) mass is 587 g/mol. The van der Waals surface area contributed by atoms with Gasteiger partial charge in [0.05, 0.1) is 0 Å². The lowest BCUT2D eigenvalue weighted by Gasteiger charge is -2.14. The average molecular weight is 587 g/mol. The second kappa shape index (κ2) is 11.2. The Hall–Kier alpha value is -3.91. The van der Waals surface area contributed by atoms with Crippen LogP contribution in [0.3, 0.4) is 0 Å².